The minimum Gasteiger partial charge on any atom is -0.462 e. The van der Waals surface area contributed by atoms with Crippen LogP contribution in [0.4, 0.5) is 0 Å². The first-order valence-electron chi connectivity index (χ1n) is 8.85. The van der Waals surface area contributed by atoms with Crippen molar-refractivity contribution in [3.8, 4) is 0 Å². The Morgan fingerprint density at radius 2 is 2.04 bits per heavy atom. The number of nitrogens with one attached hydrogen (secondary N) is 1. The van der Waals surface area contributed by atoms with Crippen molar-refractivity contribution in [3.05, 3.63) is 59.8 Å². The number of carbonyl (C=O) groups is 1. The first-order valence-corrected chi connectivity index (χ1v) is 8.85. The molecular formula is C20H25N3O2. The second-order valence-corrected chi connectivity index (χ2v) is 6.51. The van der Waals surface area contributed by atoms with Crippen LogP contribution in [0.2, 0.25) is 0 Å². The van der Waals surface area contributed by atoms with Gasteiger partial charge >= 0.3 is 0 Å². The Morgan fingerprint density at radius 3 is 2.72 bits per heavy atom. The standard InChI is InChI=1S/C20H25N3O2/c1-16-2-3-19(25-16)4-5-20(24)22-18-9-14-23(15-10-18)13-8-17-6-11-21-12-7-17/h2-7,11-12,18H,8-10,13-15H2,1H3,(H,22,24)/b5-4-. The lowest BCUT2D eigenvalue weighted by molar-refractivity contribution is -0.117. The fourth-order valence-corrected chi connectivity index (χ4v) is 3.09. The van der Waals surface area contributed by atoms with Gasteiger partial charge in [-0.25, -0.2) is 0 Å². The van der Waals surface area contributed by atoms with Crippen LogP contribution in [0.25, 0.3) is 6.08 Å². The van der Waals surface area contributed by atoms with E-state index in [9.17, 15) is 4.79 Å². The molecule has 0 aromatic carbocycles. The number of aromatic nitrogens is 1. The van der Waals surface area contributed by atoms with Crippen LogP contribution in [0.1, 0.15) is 29.9 Å². The molecule has 1 aliphatic heterocycles. The summed E-state index contributed by atoms with van der Waals surface area (Å²) in [6, 6.07) is 8.15. The second kappa shape index (κ2) is 8.62. The van der Waals surface area contributed by atoms with Crippen LogP contribution < -0.4 is 5.32 Å². The van der Waals surface area contributed by atoms with Crippen LogP contribution in [0.15, 0.2) is 47.2 Å². The first kappa shape index (κ1) is 17.4. The Labute approximate surface area is 148 Å². The number of hydrogen-bond acceptors (Lipinski definition) is 4. The summed E-state index contributed by atoms with van der Waals surface area (Å²) in [6.07, 6.45) is 9.99. The number of aryl methyl sites for hydroxylation is 1. The minimum atomic E-state index is -0.0516. The molecule has 0 unspecified atom stereocenters. The maximum Gasteiger partial charge on any atom is 0.244 e. The van der Waals surface area contributed by atoms with Crippen molar-refractivity contribution in [2.45, 2.75) is 32.2 Å². The number of amides is 1. The summed E-state index contributed by atoms with van der Waals surface area (Å²) in [4.78, 5) is 18.5. The quantitative estimate of drug-likeness (QED) is 0.822. The third-order valence-electron chi connectivity index (χ3n) is 4.56. The zero-order chi connectivity index (χ0) is 17.5. The third-order valence-corrected chi connectivity index (χ3v) is 4.56. The smallest absolute Gasteiger partial charge is 0.244 e. The fraction of sp³-hybridized carbons (Fsp3) is 0.400. The second-order valence-electron chi connectivity index (χ2n) is 6.51. The highest BCUT2D eigenvalue weighted by Crippen LogP contribution is 2.12. The fourth-order valence-electron chi connectivity index (χ4n) is 3.09. The van der Waals surface area contributed by atoms with Gasteiger partial charge in [-0.15, -0.1) is 0 Å². The summed E-state index contributed by atoms with van der Waals surface area (Å²) in [5.41, 5.74) is 1.32. The van der Waals surface area contributed by atoms with E-state index in [0.29, 0.717) is 5.76 Å². The number of carbonyl (C=O) groups excluding carboxylic acids is 1. The molecular weight excluding hydrogens is 314 g/mol. The van der Waals surface area contributed by atoms with Gasteiger partial charge in [0.1, 0.15) is 11.5 Å². The predicted molar refractivity (Wildman–Crippen MR) is 98.0 cm³/mol. The zero-order valence-corrected chi connectivity index (χ0v) is 14.6. The summed E-state index contributed by atoms with van der Waals surface area (Å²) in [5, 5.41) is 3.09. The van der Waals surface area contributed by atoms with E-state index in [4.69, 9.17) is 4.42 Å². The van der Waals surface area contributed by atoms with Crippen LogP contribution in [0, 0.1) is 6.92 Å². The van der Waals surface area contributed by atoms with Crippen molar-refractivity contribution in [2.24, 2.45) is 0 Å². The van der Waals surface area contributed by atoms with Crippen molar-refractivity contribution in [3.63, 3.8) is 0 Å². The molecule has 5 heteroatoms. The summed E-state index contributed by atoms with van der Waals surface area (Å²) < 4.78 is 5.42. The molecule has 0 spiro atoms. The lowest BCUT2D eigenvalue weighted by Gasteiger charge is -2.32. The average molecular weight is 339 g/mol. The number of pyridine rings is 1. The van der Waals surface area contributed by atoms with E-state index in [0.717, 1.165) is 44.7 Å². The Bertz CT molecular complexity index is 701. The van der Waals surface area contributed by atoms with Crippen LogP contribution in [0.5, 0.6) is 0 Å². The Hall–Kier alpha value is -2.40. The maximum atomic E-state index is 12.0. The normalized spacial score (nSPS) is 16.4. The number of piperidine rings is 1. The molecule has 25 heavy (non-hydrogen) atoms. The summed E-state index contributed by atoms with van der Waals surface area (Å²) in [5.74, 6) is 1.50. The van der Waals surface area contributed by atoms with Crippen molar-refractivity contribution < 1.29 is 9.21 Å². The molecule has 3 heterocycles. The Kier molecular flexibility index (Phi) is 6.01. The van der Waals surface area contributed by atoms with E-state index in [1.54, 1.807) is 12.2 Å². The summed E-state index contributed by atoms with van der Waals surface area (Å²) >= 11 is 0. The lowest BCUT2D eigenvalue weighted by Crippen LogP contribution is -2.44. The van der Waals surface area contributed by atoms with Crippen molar-refractivity contribution in [1.29, 1.82) is 0 Å². The van der Waals surface area contributed by atoms with Gasteiger partial charge < -0.3 is 14.6 Å². The van der Waals surface area contributed by atoms with Crippen molar-refractivity contribution in [1.82, 2.24) is 15.2 Å². The van der Waals surface area contributed by atoms with Crippen molar-refractivity contribution >= 4 is 12.0 Å². The zero-order valence-electron chi connectivity index (χ0n) is 14.6. The highest BCUT2D eigenvalue weighted by molar-refractivity contribution is 5.91. The van der Waals surface area contributed by atoms with Crippen LogP contribution in [-0.4, -0.2) is 41.5 Å². The summed E-state index contributed by atoms with van der Waals surface area (Å²) in [7, 11) is 0. The summed E-state index contributed by atoms with van der Waals surface area (Å²) in [6.45, 7) is 5.00. The van der Waals surface area contributed by atoms with E-state index in [1.165, 1.54) is 5.56 Å². The minimum absolute atomic E-state index is 0.0516. The number of likely N-dealkylation sites (tertiary alicyclic amines) is 1. The molecule has 0 bridgehead atoms. The maximum absolute atomic E-state index is 12.0. The van der Waals surface area contributed by atoms with E-state index in [1.807, 2.05) is 31.5 Å². The van der Waals surface area contributed by atoms with Crippen LogP contribution >= 0.6 is 0 Å². The van der Waals surface area contributed by atoms with Gasteiger partial charge in [0.05, 0.1) is 0 Å². The van der Waals surface area contributed by atoms with Gasteiger partial charge in [0, 0.05) is 44.1 Å². The van der Waals surface area contributed by atoms with E-state index in [-0.39, 0.29) is 11.9 Å². The first-order chi connectivity index (χ1) is 12.2. The van der Waals surface area contributed by atoms with Gasteiger partial charge in [-0.2, -0.15) is 0 Å². The Balaban J connectivity index is 1.37. The monoisotopic (exact) mass is 339 g/mol. The van der Waals surface area contributed by atoms with Gasteiger partial charge in [0.2, 0.25) is 5.91 Å². The van der Waals surface area contributed by atoms with Crippen LogP contribution in [-0.2, 0) is 11.2 Å². The van der Waals surface area contributed by atoms with Crippen LogP contribution in [0.3, 0.4) is 0 Å². The molecule has 1 fully saturated rings. The molecule has 0 atom stereocenters. The SMILES string of the molecule is Cc1ccc(/C=C\C(=O)NC2CCN(CCc3ccncc3)CC2)o1. The number of rotatable bonds is 6. The van der Waals surface area contributed by atoms with E-state index >= 15 is 0 Å². The lowest BCUT2D eigenvalue weighted by atomic mass is 10.0. The van der Waals surface area contributed by atoms with Crippen molar-refractivity contribution in [2.75, 3.05) is 19.6 Å². The molecule has 132 valence electrons. The molecule has 0 aliphatic carbocycles. The third kappa shape index (κ3) is 5.57. The predicted octanol–water partition coefficient (Wildman–Crippen LogP) is 2.82. The molecule has 1 saturated heterocycles. The molecule has 0 radical (unpaired) electrons. The van der Waals surface area contributed by atoms with Gasteiger partial charge in [-0.05, 0) is 62.1 Å². The van der Waals surface area contributed by atoms with Gasteiger partial charge in [-0.1, -0.05) is 0 Å². The highest BCUT2D eigenvalue weighted by Gasteiger charge is 2.19. The van der Waals surface area contributed by atoms with E-state index in [2.05, 4.69) is 27.3 Å². The number of furan rings is 1. The topological polar surface area (TPSA) is 58.4 Å². The number of nitrogens with zero attached hydrogens (tertiary/aromatic N) is 2. The molecule has 2 aromatic rings. The molecule has 2 aromatic heterocycles. The van der Waals surface area contributed by atoms with Gasteiger partial charge in [0.15, 0.2) is 0 Å². The largest absolute Gasteiger partial charge is 0.462 e. The number of hydrogen-bond donors (Lipinski definition) is 1. The molecule has 1 amide bonds. The molecule has 1 aliphatic rings. The molecule has 5 nitrogen and oxygen atoms in total. The molecule has 3 rings (SSSR count). The molecule has 0 saturated carbocycles. The van der Waals surface area contributed by atoms with E-state index < -0.39 is 0 Å². The molecule has 1 N–H and O–H groups in total. The Morgan fingerprint density at radius 1 is 1.28 bits per heavy atom. The van der Waals surface area contributed by atoms with Gasteiger partial charge in [-0.3, -0.25) is 9.78 Å². The average Bonchev–Trinajstić information content (AvgIpc) is 3.06. The van der Waals surface area contributed by atoms with Gasteiger partial charge in [0.25, 0.3) is 0 Å². The highest BCUT2D eigenvalue weighted by atomic mass is 16.3.